The van der Waals surface area contributed by atoms with Gasteiger partial charge in [-0.3, -0.25) is 4.55 Å². The number of rotatable bonds is 4. The zero-order valence-electron chi connectivity index (χ0n) is 11.8. The van der Waals surface area contributed by atoms with Gasteiger partial charge in [0.15, 0.2) is 11.4 Å². The van der Waals surface area contributed by atoms with Gasteiger partial charge in [0.05, 0.1) is 4.47 Å². The molecule has 5 nitrogen and oxygen atoms in total. The third kappa shape index (κ3) is 4.74. The lowest BCUT2D eigenvalue weighted by molar-refractivity contribution is -0.261. The number of alkyl halides is 6. The summed E-state index contributed by atoms with van der Waals surface area (Å²) in [6.07, 6.45) is -10.9. The van der Waals surface area contributed by atoms with Crippen LogP contribution in [0.5, 0.6) is 5.75 Å². The molecule has 0 radical (unpaired) electrons. The quantitative estimate of drug-likeness (QED) is 0.525. The second-order valence-corrected chi connectivity index (χ2v) is 7.15. The van der Waals surface area contributed by atoms with Crippen LogP contribution in [-0.2, 0) is 16.3 Å². The van der Waals surface area contributed by atoms with Gasteiger partial charge in [-0.15, -0.1) is 0 Å². The summed E-state index contributed by atoms with van der Waals surface area (Å²) in [6.45, 7) is -1.54. The fourth-order valence-electron chi connectivity index (χ4n) is 1.46. The molecule has 1 aromatic rings. The number of ether oxygens (including phenoxy) is 1. The maximum absolute atomic E-state index is 13.9. The first-order chi connectivity index (χ1) is 10.9. The summed E-state index contributed by atoms with van der Waals surface area (Å²) in [6, 6.07) is 0.178. The summed E-state index contributed by atoms with van der Waals surface area (Å²) in [5.74, 6) is -4.00. The monoisotopic (exact) mass is 464 g/mol. The Kier molecular flexibility index (Phi) is 5.75. The van der Waals surface area contributed by atoms with Crippen molar-refractivity contribution in [2.75, 3.05) is 6.61 Å². The molecule has 0 aliphatic rings. The topological polar surface area (TPSA) is 83.8 Å². The van der Waals surface area contributed by atoms with Gasteiger partial charge in [0.25, 0.3) is 10.1 Å². The normalized spacial score (nSPS) is 15.8. The first kappa shape index (κ1) is 21.9. The fourth-order valence-corrected chi connectivity index (χ4v) is 2.75. The third-order valence-electron chi connectivity index (χ3n) is 2.81. The van der Waals surface area contributed by atoms with Gasteiger partial charge in [0.2, 0.25) is 0 Å². The Balaban J connectivity index is 3.55. The van der Waals surface area contributed by atoms with E-state index in [1.54, 1.807) is 0 Å². The molecule has 1 rings (SSSR count). The number of hydrogen-bond acceptors (Lipinski definition) is 4. The molecule has 1 aromatic carbocycles. The molecule has 1 atom stereocenters. The minimum atomic E-state index is -5.59. The summed E-state index contributed by atoms with van der Waals surface area (Å²) in [5, 5.41) is 9.17. The van der Waals surface area contributed by atoms with Crippen LogP contribution in [0.3, 0.4) is 0 Å². The molecule has 144 valence electrons. The lowest BCUT2D eigenvalue weighted by Crippen LogP contribution is -2.47. The van der Waals surface area contributed by atoms with E-state index in [4.69, 9.17) is 4.55 Å². The van der Waals surface area contributed by atoms with E-state index in [9.17, 15) is 44.3 Å². The van der Waals surface area contributed by atoms with E-state index in [0.717, 1.165) is 0 Å². The highest BCUT2D eigenvalue weighted by Gasteiger charge is 2.51. The molecule has 14 heteroatoms. The SMILES string of the molecule is CC(O)(COc1c(Br)cc(S(=O)(=O)O)c(F)c1C(F)(F)F)C(F)(F)F. The molecule has 0 spiro atoms. The van der Waals surface area contributed by atoms with E-state index in [-0.39, 0.29) is 13.0 Å². The molecule has 0 saturated heterocycles. The fraction of sp³-hybridized carbons (Fsp3) is 0.455. The maximum atomic E-state index is 13.9. The Bertz CT molecular complexity index is 770. The molecule has 0 bridgehead atoms. The molecule has 0 amide bonds. The standard InChI is InChI=1S/C11H8BrF7O5S/c1-9(20,11(17,18)19)3-24-8-4(12)2-5(25(21,22)23)7(13)6(8)10(14,15)16/h2,20H,3H2,1H3,(H,21,22,23). The van der Waals surface area contributed by atoms with Crippen LogP contribution in [0.4, 0.5) is 30.7 Å². The Hall–Kier alpha value is -1.12. The van der Waals surface area contributed by atoms with Gasteiger partial charge in [-0.05, 0) is 28.9 Å². The van der Waals surface area contributed by atoms with Crippen molar-refractivity contribution in [3.8, 4) is 5.75 Å². The lowest BCUT2D eigenvalue weighted by Gasteiger charge is -2.27. The average molecular weight is 465 g/mol. The van der Waals surface area contributed by atoms with Crippen LogP contribution in [0.2, 0.25) is 0 Å². The number of hydrogen-bond donors (Lipinski definition) is 2. The van der Waals surface area contributed by atoms with Gasteiger partial charge in [0.1, 0.15) is 22.8 Å². The highest BCUT2D eigenvalue weighted by atomic mass is 79.9. The average Bonchev–Trinajstić information content (AvgIpc) is 2.34. The van der Waals surface area contributed by atoms with Gasteiger partial charge < -0.3 is 9.84 Å². The molecule has 0 aliphatic heterocycles. The smallest absolute Gasteiger partial charge is 0.422 e. The number of benzene rings is 1. The first-order valence-electron chi connectivity index (χ1n) is 5.88. The van der Waals surface area contributed by atoms with Gasteiger partial charge in [-0.1, -0.05) is 0 Å². The molecule has 0 fully saturated rings. The molecule has 0 aliphatic carbocycles. The van der Waals surface area contributed by atoms with Crippen molar-refractivity contribution in [1.82, 2.24) is 0 Å². The zero-order valence-corrected chi connectivity index (χ0v) is 14.2. The van der Waals surface area contributed by atoms with E-state index in [0.29, 0.717) is 0 Å². The van der Waals surface area contributed by atoms with Gasteiger partial charge in [-0.25, -0.2) is 4.39 Å². The molecular formula is C11H8BrF7O5S. The Labute approximate surface area is 144 Å². The Morgan fingerprint density at radius 2 is 1.68 bits per heavy atom. The third-order valence-corrected chi connectivity index (χ3v) is 4.25. The van der Waals surface area contributed by atoms with Crippen molar-refractivity contribution < 1.29 is 53.5 Å². The van der Waals surface area contributed by atoms with Crippen LogP contribution >= 0.6 is 15.9 Å². The summed E-state index contributed by atoms with van der Waals surface area (Å²) < 4.78 is 125. The minimum absolute atomic E-state index is 0.178. The molecule has 0 heterocycles. The number of halogens is 8. The van der Waals surface area contributed by atoms with Crippen molar-refractivity contribution >= 4 is 26.0 Å². The summed E-state index contributed by atoms with van der Waals surface area (Å²) in [4.78, 5) is -1.76. The highest BCUT2D eigenvalue weighted by Crippen LogP contribution is 2.45. The van der Waals surface area contributed by atoms with E-state index in [1.807, 2.05) is 0 Å². The second-order valence-electron chi connectivity index (χ2n) is 4.91. The van der Waals surface area contributed by atoms with E-state index in [2.05, 4.69) is 20.7 Å². The van der Waals surface area contributed by atoms with Gasteiger partial charge >= 0.3 is 12.4 Å². The van der Waals surface area contributed by atoms with Crippen LogP contribution < -0.4 is 4.74 Å². The summed E-state index contributed by atoms with van der Waals surface area (Å²) in [5.41, 5.74) is -5.94. The van der Waals surface area contributed by atoms with E-state index in [1.165, 1.54) is 0 Å². The first-order valence-corrected chi connectivity index (χ1v) is 8.11. The van der Waals surface area contributed by atoms with Crippen LogP contribution in [-0.4, -0.2) is 36.5 Å². The molecule has 0 saturated carbocycles. The number of aliphatic hydroxyl groups is 1. The van der Waals surface area contributed by atoms with Crippen molar-refractivity contribution in [3.05, 3.63) is 21.9 Å². The maximum Gasteiger partial charge on any atom is 0.422 e. The van der Waals surface area contributed by atoms with Crippen molar-refractivity contribution in [3.63, 3.8) is 0 Å². The van der Waals surface area contributed by atoms with Crippen LogP contribution in [0.25, 0.3) is 0 Å². The Morgan fingerprint density at radius 3 is 2.04 bits per heavy atom. The van der Waals surface area contributed by atoms with Crippen molar-refractivity contribution in [2.24, 2.45) is 0 Å². The lowest BCUT2D eigenvalue weighted by atomic mass is 10.1. The molecule has 0 aromatic heterocycles. The predicted octanol–water partition coefficient (Wildman–Crippen LogP) is 3.55. The predicted molar refractivity (Wildman–Crippen MR) is 71.1 cm³/mol. The van der Waals surface area contributed by atoms with Crippen molar-refractivity contribution in [1.29, 1.82) is 0 Å². The molecule has 2 N–H and O–H groups in total. The van der Waals surface area contributed by atoms with Crippen LogP contribution in [0, 0.1) is 5.82 Å². The largest absolute Gasteiger partial charge is 0.488 e. The van der Waals surface area contributed by atoms with E-state index < -0.39 is 61.2 Å². The minimum Gasteiger partial charge on any atom is -0.488 e. The molecule has 1 unspecified atom stereocenters. The highest BCUT2D eigenvalue weighted by molar-refractivity contribution is 9.10. The van der Waals surface area contributed by atoms with Gasteiger partial charge in [0, 0.05) is 0 Å². The zero-order chi connectivity index (χ0) is 20.0. The summed E-state index contributed by atoms with van der Waals surface area (Å²) >= 11 is 2.41. The van der Waals surface area contributed by atoms with Crippen molar-refractivity contribution in [2.45, 2.75) is 29.8 Å². The summed E-state index contributed by atoms with van der Waals surface area (Å²) in [7, 11) is -5.41. The molecular weight excluding hydrogens is 457 g/mol. The van der Waals surface area contributed by atoms with E-state index >= 15 is 0 Å². The van der Waals surface area contributed by atoms with Crippen LogP contribution in [0.15, 0.2) is 15.4 Å². The second kappa shape index (κ2) is 6.55. The van der Waals surface area contributed by atoms with Crippen LogP contribution in [0.1, 0.15) is 12.5 Å². The van der Waals surface area contributed by atoms with Gasteiger partial charge in [-0.2, -0.15) is 34.8 Å². The Morgan fingerprint density at radius 1 is 1.20 bits per heavy atom. The molecule has 25 heavy (non-hydrogen) atoms.